The third-order valence-electron chi connectivity index (χ3n) is 4.98. The molecule has 0 fully saturated rings. The molecule has 0 saturated carbocycles. The van der Waals surface area contributed by atoms with Crippen LogP contribution in [-0.2, 0) is 9.53 Å². The van der Waals surface area contributed by atoms with Crippen LogP contribution in [0.2, 0.25) is 10.0 Å². The molecule has 1 unspecified atom stereocenters. The van der Waals surface area contributed by atoms with Crippen molar-refractivity contribution in [2.45, 2.75) is 19.9 Å². The Balaban J connectivity index is 1.98. The molecule has 2 heterocycles. The summed E-state index contributed by atoms with van der Waals surface area (Å²) in [5.74, 6) is -0.693. The number of allylic oxidation sites excluding steroid dienone is 1. The number of halogens is 2. The van der Waals surface area contributed by atoms with E-state index in [1.54, 1.807) is 13.8 Å². The van der Waals surface area contributed by atoms with Gasteiger partial charge >= 0.3 is 5.97 Å². The Morgan fingerprint density at radius 1 is 1.28 bits per heavy atom. The van der Waals surface area contributed by atoms with Gasteiger partial charge in [0.25, 0.3) is 5.56 Å². The molecule has 0 amide bonds. The van der Waals surface area contributed by atoms with Gasteiger partial charge in [0.05, 0.1) is 33.5 Å². The minimum atomic E-state index is -0.690. The predicted octanol–water partition coefficient (Wildman–Crippen LogP) is 3.81. The highest BCUT2D eigenvalue weighted by atomic mass is 35.5. The zero-order chi connectivity index (χ0) is 23.0. The number of thiazole rings is 1. The number of aromatic nitrogens is 1. The molecule has 9 heteroatoms. The molecule has 1 aliphatic heterocycles. The van der Waals surface area contributed by atoms with Crippen LogP contribution in [0.15, 0.2) is 63.5 Å². The Labute approximate surface area is 197 Å². The highest BCUT2D eigenvalue weighted by Gasteiger charge is 2.33. The molecule has 32 heavy (non-hydrogen) atoms. The highest BCUT2D eigenvalue weighted by Crippen LogP contribution is 2.32. The molecule has 4 rings (SSSR count). The van der Waals surface area contributed by atoms with Gasteiger partial charge < -0.3 is 9.84 Å². The van der Waals surface area contributed by atoms with Crippen molar-refractivity contribution in [3.05, 3.63) is 94.6 Å². The van der Waals surface area contributed by atoms with Crippen LogP contribution in [0.5, 0.6) is 5.75 Å². The van der Waals surface area contributed by atoms with Gasteiger partial charge in [0.2, 0.25) is 0 Å². The summed E-state index contributed by atoms with van der Waals surface area (Å²) in [7, 11) is 0. The van der Waals surface area contributed by atoms with E-state index in [0.717, 1.165) is 16.9 Å². The molecule has 6 nitrogen and oxygen atoms in total. The summed E-state index contributed by atoms with van der Waals surface area (Å²) in [6.07, 6.45) is 1.52. The molecule has 0 saturated heterocycles. The number of rotatable bonds is 4. The van der Waals surface area contributed by atoms with Gasteiger partial charge in [0, 0.05) is 10.6 Å². The predicted molar refractivity (Wildman–Crippen MR) is 125 cm³/mol. The van der Waals surface area contributed by atoms with Crippen LogP contribution in [0.4, 0.5) is 0 Å². The fourth-order valence-electron chi connectivity index (χ4n) is 3.58. The lowest BCUT2D eigenvalue weighted by molar-refractivity contribution is -0.139. The molecule has 1 atom stereocenters. The monoisotopic (exact) mass is 488 g/mol. The number of phenols is 1. The van der Waals surface area contributed by atoms with Gasteiger partial charge in [-0.2, -0.15) is 0 Å². The standard InChI is InChI=1S/C23H18Cl2N2O4S/c1-3-31-22(30)18-12(2)26-23-27(19(18)13-7-5-4-6-8-13)21(29)17(32-23)10-14-9-15(24)11-16(25)20(14)28/h4-11,19,28H,3H2,1-2H3. The van der Waals surface area contributed by atoms with Crippen molar-refractivity contribution in [3.8, 4) is 5.75 Å². The Kier molecular flexibility index (Phi) is 6.24. The van der Waals surface area contributed by atoms with Gasteiger partial charge in [0.15, 0.2) is 4.80 Å². The van der Waals surface area contributed by atoms with Gasteiger partial charge in [0.1, 0.15) is 5.75 Å². The molecular weight excluding hydrogens is 471 g/mol. The number of benzene rings is 2. The zero-order valence-electron chi connectivity index (χ0n) is 17.1. The third kappa shape index (κ3) is 3.99. The van der Waals surface area contributed by atoms with Gasteiger partial charge in [-0.3, -0.25) is 9.36 Å². The molecule has 1 N–H and O–H groups in total. The second-order valence-electron chi connectivity index (χ2n) is 7.04. The Morgan fingerprint density at radius 3 is 2.69 bits per heavy atom. The van der Waals surface area contributed by atoms with Crippen LogP contribution < -0.4 is 14.9 Å². The maximum absolute atomic E-state index is 13.5. The number of esters is 1. The lowest BCUT2D eigenvalue weighted by Gasteiger charge is -2.24. The lowest BCUT2D eigenvalue weighted by atomic mass is 9.96. The van der Waals surface area contributed by atoms with Crippen LogP contribution in [0.1, 0.15) is 31.0 Å². The van der Waals surface area contributed by atoms with E-state index in [-0.39, 0.29) is 22.9 Å². The van der Waals surface area contributed by atoms with Crippen molar-refractivity contribution in [1.29, 1.82) is 0 Å². The number of carbonyl (C=O) groups excluding carboxylic acids is 1. The maximum atomic E-state index is 13.5. The van der Waals surface area contributed by atoms with E-state index in [9.17, 15) is 14.7 Å². The highest BCUT2D eigenvalue weighted by molar-refractivity contribution is 7.07. The number of aromatic hydroxyl groups is 1. The number of carbonyl (C=O) groups is 1. The first-order chi connectivity index (χ1) is 15.3. The van der Waals surface area contributed by atoms with E-state index in [2.05, 4.69) is 4.99 Å². The Bertz CT molecular complexity index is 1420. The minimum absolute atomic E-state index is 0.0825. The van der Waals surface area contributed by atoms with Crippen molar-refractivity contribution in [2.75, 3.05) is 6.61 Å². The largest absolute Gasteiger partial charge is 0.506 e. The molecule has 1 aromatic heterocycles. The lowest BCUT2D eigenvalue weighted by Crippen LogP contribution is -2.39. The van der Waals surface area contributed by atoms with Crippen molar-refractivity contribution in [2.24, 2.45) is 4.99 Å². The number of fused-ring (bicyclic) bond motifs is 1. The number of hydrogen-bond acceptors (Lipinski definition) is 6. The number of hydrogen-bond donors (Lipinski definition) is 1. The summed E-state index contributed by atoms with van der Waals surface area (Å²) < 4.78 is 7.06. The van der Waals surface area contributed by atoms with E-state index in [1.165, 1.54) is 22.8 Å². The summed E-state index contributed by atoms with van der Waals surface area (Å²) in [4.78, 5) is 31.2. The molecule has 0 radical (unpaired) electrons. The van der Waals surface area contributed by atoms with E-state index >= 15 is 0 Å². The van der Waals surface area contributed by atoms with Crippen LogP contribution in [-0.4, -0.2) is 22.2 Å². The van der Waals surface area contributed by atoms with E-state index in [1.807, 2.05) is 30.3 Å². The molecular formula is C23H18Cl2N2O4S. The summed E-state index contributed by atoms with van der Waals surface area (Å²) >= 11 is 13.2. The molecule has 2 aromatic carbocycles. The molecule has 0 spiro atoms. The van der Waals surface area contributed by atoms with Crippen molar-refractivity contribution >= 4 is 46.6 Å². The summed E-state index contributed by atoms with van der Waals surface area (Å²) in [6, 6.07) is 11.5. The Morgan fingerprint density at radius 2 is 2.00 bits per heavy atom. The van der Waals surface area contributed by atoms with Crippen LogP contribution in [0, 0.1) is 0 Å². The SMILES string of the molecule is CCOC(=O)C1=C(C)N=c2sc(=Cc3cc(Cl)cc(Cl)c3O)c(=O)n2C1c1ccccc1. The molecule has 1 aliphatic rings. The molecule has 0 aliphatic carbocycles. The topological polar surface area (TPSA) is 80.9 Å². The smallest absolute Gasteiger partial charge is 0.338 e. The van der Waals surface area contributed by atoms with Gasteiger partial charge in [-0.05, 0) is 37.6 Å². The summed E-state index contributed by atoms with van der Waals surface area (Å²) in [5, 5.41) is 10.7. The maximum Gasteiger partial charge on any atom is 0.338 e. The normalized spacial score (nSPS) is 16.0. The summed E-state index contributed by atoms with van der Waals surface area (Å²) in [5.41, 5.74) is 1.51. The number of ether oxygens (including phenoxy) is 1. The van der Waals surface area contributed by atoms with Crippen LogP contribution in [0.25, 0.3) is 6.08 Å². The van der Waals surface area contributed by atoms with Crippen LogP contribution in [0.3, 0.4) is 0 Å². The van der Waals surface area contributed by atoms with Crippen LogP contribution >= 0.6 is 34.5 Å². The first-order valence-electron chi connectivity index (χ1n) is 9.74. The van der Waals surface area contributed by atoms with Crippen molar-refractivity contribution in [1.82, 2.24) is 4.57 Å². The van der Waals surface area contributed by atoms with E-state index in [4.69, 9.17) is 27.9 Å². The fourth-order valence-corrected chi connectivity index (χ4v) is 5.13. The second kappa shape index (κ2) is 8.94. The number of nitrogens with zero attached hydrogens (tertiary/aromatic N) is 2. The third-order valence-corrected chi connectivity index (χ3v) is 6.47. The quantitative estimate of drug-likeness (QED) is 0.566. The van der Waals surface area contributed by atoms with Gasteiger partial charge in [-0.1, -0.05) is 64.9 Å². The van der Waals surface area contributed by atoms with Gasteiger partial charge in [-0.25, -0.2) is 9.79 Å². The van der Waals surface area contributed by atoms with Crippen molar-refractivity contribution in [3.63, 3.8) is 0 Å². The molecule has 0 bridgehead atoms. The van der Waals surface area contributed by atoms with Gasteiger partial charge in [-0.15, -0.1) is 0 Å². The second-order valence-corrected chi connectivity index (χ2v) is 8.89. The average molecular weight is 489 g/mol. The molecule has 3 aromatic rings. The van der Waals surface area contributed by atoms with E-state index in [0.29, 0.717) is 31.2 Å². The first kappa shape index (κ1) is 22.3. The minimum Gasteiger partial charge on any atom is -0.506 e. The average Bonchev–Trinajstić information content (AvgIpc) is 3.06. The van der Waals surface area contributed by atoms with E-state index < -0.39 is 12.0 Å². The van der Waals surface area contributed by atoms with Crippen molar-refractivity contribution < 1.29 is 14.6 Å². The first-order valence-corrected chi connectivity index (χ1v) is 11.3. The zero-order valence-corrected chi connectivity index (χ0v) is 19.5. The molecule has 164 valence electrons. The fraction of sp³-hybridized carbons (Fsp3) is 0.174. The number of phenolic OH excluding ortho intramolecular Hbond substituents is 1. The summed E-state index contributed by atoms with van der Waals surface area (Å²) in [6.45, 7) is 3.65. The Hall–Kier alpha value is -2.87.